The third-order valence-corrected chi connectivity index (χ3v) is 3.70. The lowest BCUT2D eigenvalue weighted by atomic mass is 10.1. The van der Waals surface area contributed by atoms with Gasteiger partial charge in [0.25, 0.3) is 0 Å². The van der Waals surface area contributed by atoms with Gasteiger partial charge in [-0.05, 0) is 51.0 Å². The highest BCUT2D eigenvalue weighted by Gasteiger charge is 2.13. The Balaban J connectivity index is 3.33. The van der Waals surface area contributed by atoms with Crippen LogP contribution in [0.3, 0.4) is 0 Å². The van der Waals surface area contributed by atoms with E-state index in [4.69, 9.17) is 9.47 Å². The molecule has 0 bridgehead atoms. The van der Waals surface area contributed by atoms with E-state index in [1.165, 1.54) is 0 Å². The van der Waals surface area contributed by atoms with Crippen LogP contribution in [0.4, 0.5) is 0 Å². The van der Waals surface area contributed by atoms with E-state index in [0.717, 1.165) is 53.3 Å². The molecule has 0 unspecified atom stereocenters. The second-order valence-corrected chi connectivity index (χ2v) is 5.68. The minimum absolute atomic E-state index is 0.225. The molecule has 0 fully saturated rings. The Morgan fingerprint density at radius 1 is 1.17 bits per heavy atom. The van der Waals surface area contributed by atoms with Crippen molar-refractivity contribution in [2.75, 3.05) is 6.61 Å². The molecule has 0 spiro atoms. The van der Waals surface area contributed by atoms with Crippen LogP contribution >= 0.6 is 0 Å². The molecule has 3 heteroatoms. The van der Waals surface area contributed by atoms with E-state index in [0.29, 0.717) is 6.61 Å². The molecule has 0 saturated carbocycles. The zero-order valence-electron chi connectivity index (χ0n) is 15.3. The second-order valence-electron chi connectivity index (χ2n) is 5.68. The monoisotopic (exact) mass is 317 g/mol. The number of hydrogen-bond acceptors (Lipinski definition) is 3. The lowest BCUT2D eigenvalue weighted by molar-refractivity contribution is 0.169. The molecule has 0 N–H and O–H groups in total. The van der Waals surface area contributed by atoms with E-state index < -0.39 is 0 Å². The van der Waals surface area contributed by atoms with Gasteiger partial charge in [-0.1, -0.05) is 33.3 Å². The first kappa shape index (κ1) is 19.3. The van der Waals surface area contributed by atoms with E-state index in [9.17, 15) is 0 Å². The lowest BCUT2D eigenvalue weighted by Gasteiger charge is -2.20. The summed E-state index contributed by atoms with van der Waals surface area (Å²) in [4.78, 5) is 4.38. The fourth-order valence-electron chi connectivity index (χ4n) is 2.65. The van der Waals surface area contributed by atoms with Crippen LogP contribution in [0.2, 0.25) is 0 Å². The van der Waals surface area contributed by atoms with Crippen LogP contribution in [0.15, 0.2) is 17.1 Å². The summed E-state index contributed by atoms with van der Waals surface area (Å²) in [6.07, 6.45) is 6.35. The Hall–Kier alpha value is -1.77. The highest BCUT2D eigenvalue weighted by atomic mass is 16.5. The van der Waals surface area contributed by atoms with Crippen molar-refractivity contribution < 1.29 is 9.47 Å². The zero-order valence-corrected chi connectivity index (χ0v) is 15.3. The molecule has 1 rings (SSSR count). The van der Waals surface area contributed by atoms with Gasteiger partial charge in [-0.3, -0.25) is 4.99 Å². The van der Waals surface area contributed by atoms with Gasteiger partial charge in [0.05, 0.1) is 12.7 Å². The fourth-order valence-corrected chi connectivity index (χ4v) is 2.65. The van der Waals surface area contributed by atoms with Crippen molar-refractivity contribution in [1.29, 1.82) is 0 Å². The van der Waals surface area contributed by atoms with Crippen LogP contribution in [-0.4, -0.2) is 18.9 Å². The Morgan fingerprint density at radius 2 is 1.83 bits per heavy atom. The van der Waals surface area contributed by atoms with E-state index >= 15 is 0 Å². The van der Waals surface area contributed by atoms with Crippen molar-refractivity contribution in [3.05, 3.63) is 22.6 Å². The summed E-state index contributed by atoms with van der Waals surface area (Å²) >= 11 is 0. The van der Waals surface area contributed by atoms with Crippen molar-refractivity contribution in [2.45, 2.75) is 66.4 Å². The molecule has 0 amide bonds. The Labute approximate surface area is 140 Å². The summed E-state index contributed by atoms with van der Waals surface area (Å²) in [5, 5.41) is 1.92. The largest absolute Gasteiger partial charge is 0.490 e. The van der Waals surface area contributed by atoms with Crippen LogP contribution in [0.25, 0.3) is 12.3 Å². The Kier molecular flexibility index (Phi) is 8.46. The molecule has 3 nitrogen and oxygen atoms in total. The normalized spacial score (nSPS) is 12.8. The molecule has 128 valence electrons. The molecule has 0 aliphatic carbocycles. The molecule has 0 atom stereocenters. The van der Waals surface area contributed by atoms with Crippen molar-refractivity contribution in [2.24, 2.45) is 4.99 Å². The van der Waals surface area contributed by atoms with Gasteiger partial charge >= 0.3 is 0 Å². The van der Waals surface area contributed by atoms with Crippen molar-refractivity contribution >= 4 is 18.5 Å². The van der Waals surface area contributed by atoms with E-state index in [2.05, 4.69) is 25.4 Å². The van der Waals surface area contributed by atoms with E-state index in [1.54, 1.807) is 6.21 Å². The maximum absolute atomic E-state index is 6.28. The summed E-state index contributed by atoms with van der Waals surface area (Å²) in [7, 11) is 0. The second kappa shape index (κ2) is 10.1. The van der Waals surface area contributed by atoms with E-state index in [-0.39, 0.29) is 6.10 Å². The van der Waals surface area contributed by atoms with Gasteiger partial charge in [-0.25, -0.2) is 0 Å². The first-order valence-corrected chi connectivity index (χ1v) is 8.69. The molecule has 1 aromatic rings. The molecular weight excluding hydrogens is 286 g/mol. The first-order chi connectivity index (χ1) is 11.1. The van der Waals surface area contributed by atoms with Gasteiger partial charge in [-0.15, -0.1) is 0 Å². The molecule has 0 aromatic heterocycles. The zero-order chi connectivity index (χ0) is 17.2. The summed E-state index contributed by atoms with van der Waals surface area (Å²) < 4.78 is 12.0. The predicted octanol–water partition coefficient (Wildman–Crippen LogP) is 4.06. The van der Waals surface area contributed by atoms with Crippen molar-refractivity contribution in [3.8, 4) is 11.5 Å². The maximum Gasteiger partial charge on any atom is 0.162 e. The third kappa shape index (κ3) is 5.74. The summed E-state index contributed by atoms with van der Waals surface area (Å²) in [6, 6.07) is 3.98. The minimum Gasteiger partial charge on any atom is -0.490 e. The smallest absolute Gasteiger partial charge is 0.162 e. The third-order valence-electron chi connectivity index (χ3n) is 3.70. The minimum atomic E-state index is 0.225. The SMILES string of the molecule is C=c1cc(OCC)c(OC(CCC)CCC)c/c1=C(\C)N=CC. The molecule has 0 aliphatic rings. The number of ether oxygens (including phenoxy) is 2. The van der Waals surface area contributed by atoms with Crippen molar-refractivity contribution in [1.82, 2.24) is 0 Å². The van der Waals surface area contributed by atoms with Crippen LogP contribution in [-0.2, 0) is 0 Å². The summed E-state index contributed by atoms with van der Waals surface area (Å²) in [6.45, 7) is 15.0. The number of rotatable bonds is 9. The van der Waals surface area contributed by atoms with Crippen LogP contribution in [0.5, 0.6) is 11.5 Å². The number of benzene rings is 1. The molecule has 0 radical (unpaired) electrons. The summed E-state index contributed by atoms with van der Waals surface area (Å²) in [5.74, 6) is 1.57. The van der Waals surface area contributed by atoms with Gasteiger partial charge in [-0.2, -0.15) is 0 Å². The molecular formula is C20H31NO2. The number of hydrogen-bond donors (Lipinski definition) is 0. The standard InChI is InChI=1S/C20H31NO2/c1-7-11-17(12-8-2)23-20-14-18(16(6)21-9-3)15(5)13-19(20)22-10-4/h9,13-14,17H,5,7-8,10-12H2,1-4,6H3/b18-16-,21-9?. The molecule has 0 heterocycles. The molecule has 0 saturated heterocycles. The first-order valence-electron chi connectivity index (χ1n) is 8.69. The van der Waals surface area contributed by atoms with Crippen LogP contribution < -0.4 is 19.9 Å². The Bertz CT molecular complexity index is 613. The molecule has 23 heavy (non-hydrogen) atoms. The quantitative estimate of drug-likeness (QED) is 0.643. The fraction of sp³-hybridized carbons (Fsp3) is 0.550. The van der Waals surface area contributed by atoms with Gasteiger partial charge in [0.2, 0.25) is 0 Å². The highest BCUT2D eigenvalue weighted by Crippen LogP contribution is 2.26. The van der Waals surface area contributed by atoms with Crippen molar-refractivity contribution in [3.63, 3.8) is 0 Å². The van der Waals surface area contributed by atoms with Crippen LogP contribution in [0, 0.1) is 0 Å². The lowest BCUT2D eigenvalue weighted by Crippen LogP contribution is -2.27. The topological polar surface area (TPSA) is 30.8 Å². The van der Waals surface area contributed by atoms with E-state index in [1.807, 2.05) is 32.9 Å². The number of aliphatic imine (C=N–C) groups is 1. The van der Waals surface area contributed by atoms with Gasteiger partial charge in [0.1, 0.15) is 0 Å². The predicted molar refractivity (Wildman–Crippen MR) is 99.9 cm³/mol. The van der Waals surface area contributed by atoms with Gasteiger partial charge < -0.3 is 9.47 Å². The Morgan fingerprint density at radius 3 is 2.35 bits per heavy atom. The molecule has 0 aliphatic heterocycles. The highest BCUT2D eigenvalue weighted by molar-refractivity contribution is 5.62. The summed E-state index contributed by atoms with van der Waals surface area (Å²) in [5.41, 5.74) is 0.938. The molecule has 1 aromatic carbocycles. The van der Waals surface area contributed by atoms with Gasteiger partial charge in [0, 0.05) is 17.1 Å². The number of nitrogens with zero attached hydrogens (tertiary/aromatic N) is 1. The van der Waals surface area contributed by atoms with Crippen LogP contribution in [0.1, 0.15) is 60.3 Å². The van der Waals surface area contributed by atoms with Gasteiger partial charge in [0.15, 0.2) is 11.5 Å². The average molecular weight is 317 g/mol. The average Bonchev–Trinajstić information content (AvgIpc) is 2.50. The maximum atomic E-state index is 6.28.